The van der Waals surface area contributed by atoms with E-state index in [9.17, 15) is 31.6 Å². The van der Waals surface area contributed by atoms with Crippen LogP contribution in [0, 0.1) is 68.0 Å². The second-order valence-electron chi connectivity index (χ2n) is 14.9. The van der Waals surface area contributed by atoms with Crippen LogP contribution >= 0.6 is 0 Å². The lowest BCUT2D eigenvalue weighted by Crippen LogP contribution is -2.04. The Morgan fingerprint density at radius 3 is 1.23 bits per heavy atom. The SMILES string of the molecule is N#Cc1cc(C#N)cc(-c2ccc3c4ccccc4n(-c4cc(-c5cccc(C#N)c5)c(-n5c6ccccc6c6ccc(-c7cc(C#N)cc(C#N)c7)cc65)cc4C#N)c3c2)c1. The minimum absolute atomic E-state index is 0.381. The predicted octanol–water partition coefficient (Wildman–Crippen LogP) is 12.1. The highest BCUT2D eigenvalue weighted by atomic mass is 15.0. The number of fused-ring (bicyclic) bond motifs is 6. The predicted molar refractivity (Wildman–Crippen MR) is 240 cm³/mol. The van der Waals surface area contributed by atoms with E-state index in [2.05, 4.69) is 63.7 Å². The topological polar surface area (TPSA) is 153 Å². The number of rotatable bonds is 5. The van der Waals surface area contributed by atoms with Crippen LogP contribution in [-0.4, -0.2) is 9.13 Å². The Morgan fingerprint density at radius 2 is 0.742 bits per heavy atom. The fraction of sp³-hybridized carbons (Fsp3) is 0. The lowest BCUT2D eigenvalue weighted by Gasteiger charge is -2.19. The van der Waals surface area contributed by atoms with E-state index in [0.29, 0.717) is 44.8 Å². The van der Waals surface area contributed by atoms with Crippen LogP contribution in [0.4, 0.5) is 0 Å². The smallest absolute Gasteiger partial charge is 0.101 e. The van der Waals surface area contributed by atoms with Gasteiger partial charge in [0.1, 0.15) is 6.07 Å². The van der Waals surface area contributed by atoms with Crippen LogP contribution in [0.1, 0.15) is 33.4 Å². The van der Waals surface area contributed by atoms with E-state index in [1.807, 2.05) is 97.1 Å². The van der Waals surface area contributed by atoms with Crippen LogP contribution in [0.3, 0.4) is 0 Å². The fourth-order valence-electron chi connectivity index (χ4n) is 8.69. The molecule has 0 unspecified atom stereocenters. The summed E-state index contributed by atoms with van der Waals surface area (Å²) >= 11 is 0. The van der Waals surface area contributed by atoms with Crippen LogP contribution < -0.4 is 0 Å². The van der Waals surface area contributed by atoms with Crippen molar-refractivity contribution in [2.45, 2.75) is 0 Å². The molecule has 0 spiro atoms. The molecule has 0 atom stereocenters. The van der Waals surface area contributed by atoms with Gasteiger partial charge >= 0.3 is 0 Å². The van der Waals surface area contributed by atoms with Crippen molar-refractivity contribution in [1.82, 2.24) is 9.13 Å². The Hall–Kier alpha value is -9.70. The summed E-state index contributed by atoms with van der Waals surface area (Å²) in [5.74, 6) is 0. The first-order valence-electron chi connectivity index (χ1n) is 19.5. The Morgan fingerprint density at radius 1 is 0.290 bits per heavy atom. The Balaban J connectivity index is 1.30. The van der Waals surface area contributed by atoms with E-state index in [4.69, 9.17) is 0 Å². The highest BCUT2D eigenvalue weighted by molar-refractivity contribution is 6.12. The largest absolute Gasteiger partial charge is 0.309 e. The number of hydrogen-bond donors (Lipinski definition) is 0. The standard InChI is InChI=1S/C54H26N8/c55-27-33-6-5-7-40(18-33)48-26-51(61-49-10-3-1-8-44(49)46-14-12-38(23-52(46)61)41-19-34(28-56)16-35(20-41)29-57)43(32-60)25-54(48)62-50-11-4-2-9-45(50)47-15-13-39(24-53(47)62)42-21-36(30-58)17-37(22-42)31-59/h1-26H. The van der Waals surface area contributed by atoms with Gasteiger partial charge in [-0.05, 0) is 113 Å². The number of para-hydroxylation sites is 2. The number of nitriles is 6. The molecule has 0 bridgehead atoms. The fourth-order valence-corrected chi connectivity index (χ4v) is 8.69. The Labute approximate surface area is 355 Å². The van der Waals surface area contributed by atoms with E-state index in [-0.39, 0.29) is 0 Å². The summed E-state index contributed by atoms with van der Waals surface area (Å²) in [6.45, 7) is 0. The van der Waals surface area contributed by atoms with Crippen LogP contribution in [0.2, 0.25) is 0 Å². The molecular weight excluding hydrogens is 761 g/mol. The summed E-state index contributed by atoms with van der Waals surface area (Å²) < 4.78 is 4.23. The molecule has 8 nitrogen and oxygen atoms in total. The second kappa shape index (κ2) is 14.6. The van der Waals surface area contributed by atoms with Crippen molar-refractivity contribution in [2.24, 2.45) is 0 Å². The van der Waals surface area contributed by atoms with Crippen molar-refractivity contribution < 1.29 is 0 Å². The zero-order valence-electron chi connectivity index (χ0n) is 32.6. The van der Waals surface area contributed by atoms with Crippen LogP contribution in [0.25, 0.3) is 88.4 Å². The minimum atomic E-state index is 0.381. The van der Waals surface area contributed by atoms with Gasteiger partial charge in [-0.15, -0.1) is 0 Å². The van der Waals surface area contributed by atoms with Gasteiger partial charge in [0.05, 0.1) is 97.2 Å². The van der Waals surface area contributed by atoms with Gasteiger partial charge in [-0.1, -0.05) is 72.8 Å². The van der Waals surface area contributed by atoms with Gasteiger partial charge < -0.3 is 9.13 Å². The number of aromatic nitrogens is 2. The van der Waals surface area contributed by atoms with E-state index in [1.165, 1.54) is 0 Å². The maximum atomic E-state index is 11.2. The first-order chi connectivity index (χ1) is 30.4. The summed E-state index contributed by atoms with van der Waals surface area (Å²) in [4.78, 5) is 0. The molecule has 10 aromatic rings. The third kappa shape index (κ3) is 5.87. The van der Waals surface area contributed by atoms with Gasteiger partial charge in [0.2, 0.25) is 0 Å². The van der Waals surface area contributed by atoms with Gasteiger partial charge in [-0.25, -0.2) is 0 Å². The maximum absolute atomic E-state index is 11.2. The second-order valence-corrected chi connectivity index (χ2v) is 14.9. The van der Waals surface area contributed by atoms with Gasteiger partial charge in [-0.2, -0.15) is 31.6 Å². The van der Waals surface area contributed by atoms with E-state index in [0.717, 1.165) is 77.0 Å². The molecule has 2 heterocycles. The highest BCUT2D eigenvalue weighted by Crippen LogP contribution is 2.42. The van der Waals surface area contributed by atoms with Gasteiger partial charge in [0, 0.05) is 27.1 Å². The van der Waals surface area contributed by atoms with Crippen LogP contribution in [-0.2, 0) is 0 Å². The molecule has 2 aromatic heterocycles. The van der Waals surface area contributed by atoms with Gasteiger partial charge in [-0.3, -0.25) is 0 Å². The van der Waals surface area contributed by atoms with Crippen molar-refractivity contribution in [2.75, 3.05) is 0 Å². The van der Waals surface area contributed by atoms with Crippen LogP contribution in [0.5, 0.6) is 0 Å². The first-order valence-corrected chi connectivity index (χ1v) is 19.5. The molecule has 0 amide bonds. The zero-order valence-corrected chi connectivity index (χ0v) is 32.6. The van der Waals surface area contributed by atoms with Crippen molar-refractivity contribution in [3.8, 4) is 81.2 Å². The normalized spacial score (nSPS) is 10.8. The summed E-state index contributed by atoms with van der Waals surface area (Å²) in [5, 5.41) is 64.3. The quantitative estimate of drug-likeness (QED) is 0.169. The molecule has 0 saturated heterocycles. The molecule has 0 N–H and O–H groups in total. The lowest BCUT2D eigenvalue weighted by atomic mass is 9.97. The Kier molecular flexibility index (Phi) is 8.62. The van der Waals surface area contributed by atoms with Crippen LogP contribution in [0.15, 0.2) is 158 Å². The Bertz CT molecular complexity index is 3770. The van der Waals surface area contributed by atoms with E-state index in [1.54, 1.807) is 42.5 Å². The average Bonchev–Trinajstić information content (AvgIpc) is 3.85. The van der Waals surface area contributed by atoms with Crippen molar-refractivity contribution in [1.29, 1.82) is 31.6 Å². The van der Waals surface area contributed by atoms with Gasteiger partial charge in [0.15, 0.2) is 0 Å². The molecular formula is C54H26N8. The molecule has 0 radical (unpaired) electrons. The average molecular weight is 787 g/mol. The first kappa shape index (κ1) is 36.6. The summed E-state index contributed by atoms with van der Waals surface area (Å²) in [6.07, 6.45) is 0. The van der Waals surface area contributed by atoms with Gasteiger partial charge in [0.25, 0.3) is 0 Å². The molecule has 0 aliphatic heterocycles. The molecule has 8 aromatic carbocycles. The zero-order chi connectivity index (χ0) is 42.5. The van der Waals surface area contributed by atoms with Crippen molar-refractivity contribution >= 4 is 43.6 Å². The highest BCUT2D eigenvalue weighted by Gasteiger charge is 2.23. The third-order valence-electron chi connectivity index (χ3n) is 11.4. The van der Waals surface area contributed by atoms with E-state index < -0.39 is 0 Å². The molecule has 282 valence electrons. The molecule has 8 heteroatoms. The molecule has 0 aliphatic rings. The van der Waals surface area contributed by atoms with Crippen molar-refractivity contribution in [3.05, 3.63) is 191 Å². The van der Waals surface area contributed by atoms with Crippen molar-refractivity contribution in [3.63, 3.8) is 0 Å². The molecule has 10 rings (SSSR count). The molecule has 0 aliphatic carbocycles. The summed E-state index contributed by atoms with van der Waals surface area (Å²) in [6, 6.07) is 63.4. The number of hydrogen-bond acceptors (Lipinski definition) is 6. The monoisotopic (exact) mass is 786 g/mol. The molecule has 0 saturated carbocycles. The number of benzene rings is 8. The maximum Gasteiger partial charge on any atom is 0.101 e. The van der Waals surface area contributed by atoms with E-state index >= 15 is 0 Å². The third-order valence-corrected chi connectivity index (χ3v) is 11.4. The molecule has 62 heavy (non-hydrogen) atoms. The lowest BCUT2D eigenvalue weighted by molar-refractivity contribution is 1.14. The summed E-state index contributed by atoms with van der Waals surface area (Å²) in [5.41, 5.74) is 11.8. The molecule has 0 fully saturated rings. The summed E-state index contributed by atoms with van der Waals surface area (Å²) in [7, 11) is 0. The number of nitrogens with zero attached hydrogens (tertiary/aromatic N) is 8. The minimum Gasteiger partial charge on any atom is -0.309 e.